The number of carboxylic acid groups (broad SMARTS) is 1. The van der Waals surface area contributed by atoms with Crippen molar-refractivity contribution < 1.29 is 9.90 Å². The van der Waals surface area contributed by atoms with E-state index in [0.29, 0.717) is 11.4 Å². The number of carbonyl (C=O) groups is 1. The highest BCUT2D eigenvalue weighted by molar-refractivity contribution is 7.79. The third-order valence-electron chi connectivity index (χ3n) is 0.900. The second-order valence-electron chi connectivity index (χ2n) is 1.51. The van der Waals surface area contributed by atoms with Crippen molar-refractivity contribution in [2.75, 3.05) is 0 Å². The molecule has 0 saturated carbocycles. The summed E-state index contributed by atoms with van der Waals surface area (Å²) in [5.41, 5.74) is 0.431. The van der Waals surface area contributed by atoms with Gasteiger partial charge < -0.3 is 5.11 Å². The van der Waals surface area contributed by atoms with Crippen LogP contribution in [0.15, 0.2) is 0 Å². The zero-order valence-corrected chi connectivity index (χ0v) is 6.52. The summed E-state index contributed by atoms with van der Waals surface area (Å²) in [6, 6.07) is 0. The van der Waals surface area contributed by atoms with E-state index >= 15 is 0 Å². The Kier molecular flexibility index (Phi) is 2.23. The molecule has 0 fully saturated rings. The summed E-state index contributed by atoms with van der Waals surface area (Å²) in [6.07, 6.45) is 0. The van der Waals surface area contributed by atoms with E-state index < -0.39 is 5.97 Å². The number of hydrogen-bond donors (Lipinski definition) is 2. The van der Waals surface area contributed by atoms with Gasteiger partial charge in [-0.05, 0) is 11.5 Å². The Morgan fingerprint density at radius 1 is 1.80 bits per heavy atom. The molecule has 0 radical (unpaired) electrons. The molecule has 0 aromatic carbocycles. The Labute approximate surface area is 66.5 Å². The van der Waals surface area contributed by atoms with E-state index in [-0.39, 0.29) is 4.88 Å². The largest absolute Gasteiger partial charge is 0.477 e. The summed E-state index contributed by atoms with van der Waals surface area (Å²) >= 11 is 4.75. The molecule has 54 valence electrons. The molecule has 0 amide bonds. The number of aromatic carboxylic acids is 1. The number of hydrogen-bond acceptors (Lipinski definition) is 5. The highest BCUT2D eigenvalue weighted by Gasteiger charge is 2.12. The van der Waals surface area contributed by atoms with Crippen molar-refractivity contribution in [1.82, 2.24) is 9.59 Å². The lowest BCUT2D eigenvalue weighted by molar-refractivity contribution is 0.0701. The molecule has 1 aromatic heterocycles. The molecule has 10 heavy (non-hydrogen) atoms. The van der Waals surface area contributed by atoms with E-state index in [2.05, 4.69) is 22.2 Å². The fourth-order valence-corrected chi connectivity index (χ4v) is 1.32. The van der Waals surface area contributed by atoms with Crippen LogP contribution >= 0.6 is 24.2 Å². The zero-order chi connectivity index (χ0) is 7.56. The van der Waals surface area contributed by atoms with Crippen LogP contribution in [0.1, 0.15) is 15.4 Å². The van der Waals surface area contributed by atoms with Gasteiger partial charge in [-0.3, -0.25) is 0 Å². The van der Waals surface area contributed by atoms with Gasteiger partial charge in [-0.25, -0.2) is 4.79 Å². The maximum absolute atomic E-state index is 10.3. The van der Waals surface area contributed by atoms with Crippen LogP contribution < -0.4 is 0 Å². The molecule has 1 aromatic rings. The first-order valence-electron chi connectivity index (χ1n) is 2.41. The molecule has 0 spiro atoms. The minimum atomic E-state index is -0.987. The second-order valence-corrected chi connectivity index (χ2v) is 2.58. The molecule has 1 N–H and O–H groups in total. The summed E-state index contributed by atoms with van der Waals surface area (Å²) in [5.74, 6) is -0.669. The van der Waals surface area contributed by atoms with Crippen LogP contribution in [-0.4, -0.2) is 20.7 Å². The van der Waals surface area contributed by atoms with Crippen molar-refractivity contribution in [3.63, 3.8) is 0 Å². The van der Waals surface area contributed by atoms with Gasteiger partial charge >= 0.3 is 5.97 Å². The molecule has 6 heteroatoms. The van der Waals surface area contributed by atoms with Crippen LogP contribution in [0.25, 0.3) is 0 Å². The number of carboxylic acids is 1. The topological polar surface area (TPSA) is 63.1 Å². The van der Waals surface area contributed by atoms with Crippen molar-refractivity contribution in [3.05, 3.63) is 10.6 Å². The Hall–Kier alpha value is -0.620. The summed E-state index contributed by atoms with van der Waals surface area (Å²) in [7, 11) is 0. The predicted molar refractivity (Wildman–Crippen MR) is 39.6 cm³/mol. The highest BCUT2D eigenvalue weighted by Crippen LogP contribution is 2.11. The quantitative estimate of drug-likeness (QED) is 0.650. The fraction of sp³-hybridized carbons (Fsp3) is 0.250. The van der Waals surface area contributed by atoms with Gasteiger partial charge in [0.1, 0.15) is 0 Å². The van der Waals surface area contributed by atoms with Crippen molar-refractivity contribution in [2.24, 2.45) is 0 Å². The Bertz CT molecular complexity index is 247. The fourth-order valence-electron chi connectivity index (χ4n) is 0.475. The van der Waals surface area contributed by atoms with E-state index in [1.807, 2.05) is 0 Å². The van der Waals surface area contributed by atoms with E-state index in [1.165, 1.54) is 0 Å². The third-order valence-corrected chi connectivity index (χ3v) is 1.96. The number of nitrogens with zero attached hydrogens (tertiary/aromatic N) is 2. The van der Waals surface area contributed by atoms with Crippen LogP contribution in [-0.2, 0) is 5.75 Å². The molecule has 0 aliphatic rings. The molecular formula is C4H4N2O2S2. The van der Waals surface area contributed by atoms with E-state index in [4.69, 9.17) is 5.11 Å². The first-order valence-corrected chi connectivity index (χ1v) is 3.81. The van der Waals surface area contributed by atoms with Gasteiger partial charge in [-0.15, -0.1) is 5.10 Å². The van der Waals surface area contributed by atoms with Crippen molar-refractivity contribution in [2.45, 2.75) is 5.75 Å². The molecule has 4 nitrogen and oxygen atoms in total. The summed E-state index contributed by atoms with van der Waals surface area (Å²) in [6.45, 7) is 0. The van der Waals surface area contributed by atoms with Gasteiger partial charge in [0.15, 0.2) is 4.88 Å². The molecule has 0 aliphatic heterocycles. The maximum Gasteiger partial charge on any atom is 0.349 e. The Morgan fingerprint density at radius 3 is 2.90 bits per heavy atom. The maximum atomic E-state index is 10.3. The monoisotopic (exact) mass is 176 g/mol. The SMILES string of the molecule is O=C(O)c1snnc1CS. The van der Waals surface area contributed by atoms with Crippen molar-refractivity contribution in [3.8, 4) is 0 Å². The highest BCUT2D eigenvalue weighted by atomic mass is 32.1. The molecule has 0 bridgehead atoms. The van der Waals surface area contributed by atoms with Gasteiger partial charge in [0.25, 0.3) is 0 Å². The summed E-state index contributed by atoms with van der Waals surface area (Å²) in [5, 5.41) is 12.0. The Balaban J connectivity index is 3.01. The van der Waals surface area contributed by atoms with E-state index in [0.717, 1.165) is 11.5 Å². The third kappa shape index (κ3) is 1.27. The average molecular weight is 176 g/mol. The molecular weight excluding hydrogens is 172 g/mol. The lowest BCUT2D eigenvalue weighted by Gasteiger charge is -1.86. The lowest BCUT2D eigenvalue weighted by Crippen LogP contribution is -1.96. The van der Waals surface area contributed by atoms with Crippen molar-refractivity contribution in [1.29, 1.82) is 0 Å². The normalized spacial score (nSPS) is 9.70. The molecule has 0 unspecified atom stereocenters. The standard InChI is InChI=1S/C4H4N2O2S2/c7-4(8)3-2(1-9)5-6-10-3/h9H,1H2,(H,7,8). The van der Waals surface area contributed by atoms with Crippen LogP contribution in [0.4, 0.5) is 0 Å². The van der Waals surface area contributed by atoms with Crippen LogP contribution in [0.5, 0.6) is 0 Å². The second kappa shape index (κ2) is 2.98. The van der Waals surface area contributed by atoms with Gasteiger partial charge in [0, 0.05) is 5.75 Å². The van der Waals surface area contributed by atoms with Gasteiger partial charge in [-0.2, -0.15) is 12.6 Å². The Morgan fingerprint density at radius 2 is 2.50 bits per heavy atom. The van der Waals surface area contributed by atoms with Gasteiger partial charge in [-0.1, -0.05) is 4.49 Å². The summed E-state index contributed by atoms with van der Waals surface area (Å²) in [4.78, 5) is 10.5. The van der Waals surface area contributed by atoms with Crippen molar-refractivity contribution >= 4 is 30.1 Å². The number of rotatable bonds is 2. The first-order chi connectivity index (χ1) is 4.75. The van der Waals surface area contributed by atoms with Crippen LogP contribution in [0.3, 0.4) is 0 Å². The predicted octanol–water partition coefficient (Wildman–Crippen LogP) is 0.666. The van der Waals surface area contributed by atoms with Crippen LogP contribution in [0.2, 0.25) is 0 Å². The average Bonchev–Trinajstić information content (AvgIpc) is 2.33. The molecule has 1 rings (SSSR count). The minimum absolute atomic E-state index is 0.176. The zero-order valence-electron chi connectivity index (χ0n) is 4.81. The molecule has 1 heterocycles. The van der Waals surface area contributed by atoms with Gasteiger partial charge in [0.05, 0.1) is 5.69 Å². The lowest BCUT2D eigenvalue weighted by atomic mass is 10.4. The molecule has 0 atom stereocenters. The first kappa shape index (κ1) is 7.49. The summed E-state index contributed by atoms with van der Waals surface area (Å²) < 4.78 is 3.48. The number of thiol groups is 1. The molecule has 0 aliphatic carbocycles. The molecule has 0 saturated heterocycles. The van der Waals surface area contributed by atoms with Crippen LogP contribution in [0, 0.1) is 0 Å². The smallest absolute Gasteiger partial charge is 0.349 e. The van der Waals surface area contributed by atoms with E-state index in [9.17, 15) is 4.79 Å². The van der Waals surface area contributed by atoms with Gasteiger partial charge in [0.2, 0.25) is 0 Å². The number of aromatic nitrogens is 2. The van der Waals surface area contributed by atoms with E-state index in [1.54, 1.807) is 0 Å². The minimum Gasteiger partial charge on any atom is -0.477 e.